The molecular formula is C33H43N3O2. The fourth-order valence-corrected chi connectivity index (χ4v) is 5.03. The topological polar surface area (TPSA) is 61.4 Å². The molecule has 202 valence electrons. The van der Waals surface area contributed by atoms with E-state index >= 15 is 0 Å². The number of hydrogen-bond acceptors (Lipinski definition) is 3. The molecule has 1 atom stereocenters. The Morgan fingerprint density at radius 3 is 2.39 bits per heavy atom. The molecule has 2 amide bonds. The van der Waals surface area contributed by atoms with Gasteiger partial charge >= 0.3 is 0 Å². The number of hydrogen-bond donors (Lipinski definition) is 2. The van der Waals surface area contributed by atoms with Gasteiger partial charge in [0.2, 0.25) is 11.8 Å². The summed E-state index contributed by atoms with van der Waals surface area (Å²) in [6.45, 7) is 10.6. The van der Waals surface area contributed by atoms with Crippen LogP contribution in [0.3, 0.4) is 0 Å². The molecule has 1 fully saturated rings. The van der Waals surface area contributed by atoms with E-state index in [0.717, 1.165) is 48.8 Å². The predicted octanol–water partition coefficient (Wildman–Crippen LogP) is 6.18. The Hall–Kier alpha value is -3.44. The second-order valence-electron chi connectivity index (χ2n) is 10.2. The highest BCUT2D eigenvalue weighted by atomic mass is 16.2. The smallest absolute Gasteiger partial charge is 0.248 e. The summed E-state index contributed by atoms with van der Waals surface area (Å²) >= 11 is 0. The Morgan fingerprint density at radius 1 is 1.05 bits per heavy atom. The first-order valence-corrected chi connectivity index (χ1v) is 13.8. The van der Waals surface area contributed by atoms with E-state index in [1.165, 1.54) is 12.0 Å². The van der Waals surface area contributed by atoms with Crippen molar-refractivity contribution in [3.05, 3.63) is 107 Å². The van der Waals surface area contributed by atoms with E-state index < -0.39 is 6.04 Å². The SMILES string of the molecule is C=C(C)C=C(C=CC)N(C(=O)CNCCc1ccccc1)C(C(=O)NC1CCCCC1)c1ccccc1C. The standard InChI is InChI=1S/C33H43N3O2/c1-5-14-29(23-25(2)3)36(31(37)24-34-22-21-27-16-8-6-9-17-27)32(30-20-13-12-15-26(30)4)33(38)35-28-18-10-7-11-19-28/h5-6,8-9,12-17,20,23,28,32,34H,2,7,10-11,18-19,21-22,24H2,1,3-4H3,(H,35,38). The average Bonchev–Trinajstić information content (AvgIpc) is 2.91. The molecule has 2 aromatic carbocycles. The highest BCUT2D eigenvalue weighted by Gasteiger charge is 2.35. The molecule has 0 heterocycles. The summed E-state index contributed by atoms with van der Waals surface area (Å²) in [5.41, 5.74) is 4.48. The van der Waals surface area contributed by atoms with Crippen molar-refractivity contribution in [3.8, 4) is 0 Å². The second kappa shape index (κ2) is 15.1. The van der Waals surface area contributed by atoms with Gasteiger partial charge in [-0.1, -0.05) is 92.1 Å². The number of aryl methyl sites for hydroxylation is 1. The van der Waals surface area contributed by atoms with Gasteiger partial charge in [0.25, 0.3) is 0 Å². The third kappa shape index (κ3) is 8.56. The number of nitrogens with one attached hydrogen (secondary N) is 2. The van der Waals surface area contributed by atoms with E-state index in [0.29, 0.717) is 12.2 Å². The molecule has 38 heavy (non-hydrogen) atoms. The van der Waals surface area contributed by atoms with Crippen LogP contribution in [-0.4, -0.2) is 35.8 Å². The molecule has 1 aliphatic rings. The predicted molar refractivity (Wildman–Crippen MR) is 157 cm³/mol. The highest BCUT2D eigenvalue weighted by Crippen LogP contribution is 2.30. The summed E-state index contributed by atoms with van der Waals surface area (Å²) in [5, 5.41) is 6.60. The van der Waals surface area contributed by atoms with Crippen molar-refractivity contribution in [1.82, 2.24) is 15.5 Å². The van der Waals surface area contributed by atoms with Crippen LogP contribution in [-0.2, 0) is 16.0 Å². The minimum absolute atomic E-state index is 0.122. The molecule has 5 heteroatoms. The van der Waals surface area contributed by atoms with Gasteiger partial charge in [-0.15, -0.1) is 0 Å². The first-order chi connectivity index (χ1) is 18.4. The van der Waals surface area contributed by atoms with Gasteiger partial charge in [0.1, 0.15) is 6.04 Å². The molecule has 5 nitrogen and oxygen atoms in total. The lowest BCUT2D eigenvalue weighted by atomic mass is 9.93. The highest BCUT2D eigenvalue weighted by molar-refractivity contribution is 5.91. The maximum atomic E-state index is 14.0. The lowest BCUT2D eigenvalue weighted by Gasteiger charge is -2.35. The minimum Gasteiger partial charge on any atom is -0.351 e. The van der Waals surface area contributed by atoms with Gasteiger partial charge in [-0.3, -0.25) is 14.5 Å². The molecule has 2 N–H and O–H groups in total. The van der Waals surface area contributed by atoms with E-state index in [2.05, 4.69) is 29.3 Å². The van der Waals surface area contributed by atoms with Gasteiger partial charge in [-0.25, -0.2) is 0 Å². The average molecular weight is 514 g/mol. The number of allylic oxidation sites excluding steroid dienone is 4. The summed E-state index contributed by atoms with van der Waals surface area (Å²) in [4.78, 5) is 29.6. The Morgan fingerprint density at radius 2 is 1.74 bits per heavy atom. The molecule has 0 saturated heterocycles. The van der Waals surface area contributed by atoms with Crippen LogP contribution in [0.5, 0.6) is 0 Å². The van der Waals surface area contributed by atoms with Crippen LogP contribution in [0.15, 0.2) is 90.7 Å². The Balaban J connectivity index is 1.94. The lowest BCUT2D eigenvalue weighted by Crippen LogP contribution is -2.48. The summed E-state index contributed by atoms with van der Waals surface area (Å²) in [6, 6.07) is 17.4. The molecule has 0 aromatic heterocycles. The number of benzene rings is 2. The summed E-state index contributed by atoms with van der Waals surface area (Å²) in [5.74, 6) is -0.295. The van der Waals surface area contributed by atoms with Crippen LogP contribution < -0.4 is 10.6 Å². The van der Waals surface area contributed by atoms with Crippen molar-refractivity contribution in [2.45, 2.75) is 71.4 Å². The zero-order valence-electron chi connectivity index (χ0n) is 23.2. The Labute approximate surface area is 228 Å². The fraction of sp³-hybridized carbons (Fsp3) is 0.394. The van der Waals surface area contributed by atoms with Gasteiger partial charge in [0, 0.05) is 11.7 Å². The van der Waals surface area contributed by atoms with Crippen LogP contribution in [0.2, 0.25) is 0 Å². The molecule has 1 saturated carbocycles. The molecule has 0 aliphatic heterocycles. The van der Waals surface area contributed by atoms with Crippen molar-refractivity contribution in [3.63, 3.8) is 0 Å². The Kier molecular flexibility index (Phi) is 11.6. The molecule has 0 radical (unpaired) electrons. The van der Waals surface area contributed by atoms with Crippen LogP contribution in [0.1, 0.15) is 68.7 Å². The summed E-state index contributed by atoms with van der Waals surface area (Å²) in [7, 11) is 0. The van der Waals surface area contributed by atoms with Crippen LogP contribution in [0.4, 0.5) is 0 Å². The number of rotatable bonds is 12. The van der Waals surface area contributed by atoms with Crippen LogP contribution in [0, 0.1) is 6.92 Å². The van der Waals surface area contributed by atoms with E-state index in [-0.39, 0.29) is 24.4 Å². The number of nitrogens with zero attached hydrogens (tertiary/aromatic N) is 1. The number of carbonyl (C=O) groups excluding carboxylic acids is 2. The van der Waals surface area contributed by atoms with Crippen LogP contribution in [0.25, 0.3) is 0 Å². The molecule has 0 spiro atoms. The molecule has 1 aliphatic carbocycles. The maximum absolute atomic E-state index is 14.0. The summed E-state index contributed by atoms with van der Waals surface area (Å²) < 4.78 is 0. The van der Waals surface area contributed by atoms with Gasteiger partial charge in [-0.05, 0) is 75.4 Å². The van der Waals surface area contributed by atoms with E-state index in [1.54, 1.807) is 4.90 Å². The van der Waals surface area contributed by atoms with Crippen molar-refractivity contribution < 1.29 is 9.59 Å². The second-order valence-corrected chi connectivity index (χ2v) is 10.2. The first-order valence-electron chi connectivity index (χ1n) is 13.8. The quantitative estimate of drug-likeness (QED) is 0.263. The van der Waals surface area contributed by atoms with Gasteiger partial charge in [0.05, 0.1) is 6.54 Å². The summed E-state index contributed by atoms with van der Waals surface area (Å²) in [6.07, 6.45) is 11.9. The maximum Gasteiger partial charge on any atom is 0.248 e. The number of carbonyl (C=O) groups is 2. The molecular weight excluding hydrogens is 470 g/mol. The third-order valence-electron chi connectivity index (χ3n) is 6.93. The van der Waals surface area contributed by atoms with E-state index in [4.69, 9.17) is 0 Å². The molecule has 3 rings (SSSR count). The zero-order chi connectivity index (χ0) is 27.3. The van der Waals surface area contributed by atoms with Gasteiger partial charge in [0.15, 0.2) is 0 Å². The van der Waals surface area contributed by atoms with Crippen molar-refractivity contribution in [1.29, 1.82) is 0 Å². The van der Waals surface area contributed by atoms with Crippen LogP contribution >= 0.6 is 0 Å². The molecule has 2 aromatic rings. The van der Waals surface area contributed by atoms with Crippen molar-refractivity contribution in [2.75, 3.05) is 13.1 Å². The Bertz CT molecular complexity index is 1130. The monoisotopic (exact) mass is 513 g/mol. The molecule has 0 bridgehead atoms. The first kappa shape index (κ1) is 29.1. The van der Waals surface area contributed by atoms with E-state index in [9.17, 15) is 9.59 Å². The largest absolute Gasteiger partial charge is 0.351 e. The number of amides is 2. The fourth-order valence-electron chi connectivity index (χ4n) is 5.03. The van der Waals surface area contributed by atoms with E-state index in [1.807, 2.05) is 81.5 Å². The lowest BCUT2D eigenvalue weighted by molar-refractivity contribution is -0.138. The molecule has 1 unspecified atom stereocenters. The minimum atomic E-state index is -0.789. The van der Waals surface area contributed by atoms with Crippen molar-refractivity contribution in [2.24, 2.45) is 0 Å². The van der Waals surface area contributed by atoms with Gasteiger partial charge in [-0.2, -0.15) is 0 Å². The van der Waals surface area contributed by atoms with Gasteiger partial charge < -0.3 is 10.6 Å². The normalized spacial score (nSPS) is 15.3. The van der Waals surface area contributed by atoms with Crippen molar-refractivity contribution >= 4 is 11.8 Å². The third-order valence-corrected chi connectivity index (χ3v) is 6.93. The zero-order valence-corrected chi connectivity index (χ0v) is 23.2.